The zero-order chi connectivity index (χ0) is 18.3. The van der Waals surface area contributed by atoms with Crippen LogP contribution in [-0.4, -0.2) is 23.5 Å². The van der Waals surface area contributed by atoms with Gasteiger partial charge in [-0.1, -0.05) is 24.3 Å². The van der Waals surface area contributed by atoms with E-state index in [0.717, 1.165) is 0 Å². The predicted molar refractivity (Wildman–Crippen MR) is 87.1 cm³/mol. The summed E-state index contributed by atoms with van der Waals surface area (Å²) in [5.74, 6) is -2.04. The van der Waals surface area contributed by atoms with Crippen LogP contribution in [0, 0.1) is 6.92 Å². The van der Waals surface area contributed by atoms with Crippen LogP contribution >= 0.6 is 0 Å². The highest BCUT2D eigenvalue weighted by atomic mass is 16.5. The number of carbonyl (C=O) groups is 4. The van der Waals surface area contributed by atoms with Crippen molar-refractivity contribution in [1.82, 2.24) is 0 Å². The van der Waals surface area contributed by atoms with Gasteiger partial charge in [0.2, 0.25) is 0 Å². The van der Waals surface area contributed by atoms with Crippen LogP contribution in [0.4, 0.5) is 0 Å². The Morgan fingerprint density at radius 2 is 1.40 bits per heavy atom. The molecule has 0 unspecified atom stereocenters. The molecule has 0 fully saturated rings. The molecule has 6 nitrogen and oxygen atoms in total. The molecule has 3 rings (SSSR count). The molecule has 0 saturated carbocycles. The maximum atomic E-state index is 12.9. The zero-order valence-electron chi connectivity index (χ0n) is 13.8. The molecule has 126 valence electrons. The fraction of sp³-hybridized carbons (Fsp3) is 0.158. The minimum Gasteiger partial charge on any atom is -0.426 e. The van der Waals surface area contributed by atoms with E-state index in [2.05, 4.69) is 0 Å². The van der Waals surface area contributed by atoms with E-state index >= 15 is 0 Å². The van der Waals surface area contributed by atoms with Gasteiger partial charge < -0.3 is 9.47 Å². The molecular formula is C19H14O6. The second kappa shape index (κ2) is 5.98. The summed E-state index contributed by atoms with van der Waals surface area (Å²) in [6, 6.07) is 7.75. The number of esters is 2. The fourth-order valence-electron chi connectivity index (χ4n) is 2.83. The van der Waals surface area contributed by atoms with Crippen LogP contribution in [0.5, 0.6) is 11.5 Å². The topological polar surface area (TPSA) is 86.7 Å². The summed E-state index contributed by atoms with van der Waals surface area (Å²) in [4.78, 5) is 48.5. The monoisotopic (exact) mass is 338 g/mol. The average molecular weight is 338 g/mol. The molecule has 0 spiro atoms. The van der Waals surface area contributed by atoms with Crippen LogP contribution in [-0.2, 0) is 9.59 Å². The summed E-state index contributed by atoms with van der Waals surface area (Å²) in [6.07, 6.45) is 0. The maximum absolute atomic E-state index is 12.9. The van der Waals surface area contributed by atoms with Gasteiger partial charge in [-0.2, -0.15) is 0 Å². The van der Waals surface area contributed by atoms with Crippen LogP contribution in [0.15, 0.2) is 30.3 Å². The van der Waals surface area contributed by atoms with Gasteiger partial charge in [-0.05, 0) is 13.0 Å². The Bertz CT molecular complexity index is 955. The van der Waals surface area contributed by atoms with Crippen molar-refractivity contribution in [2.45, 2.75) is 20.8 Å². The lowest BCUT2D eigenvalue weighted by Gasteiger charge is -2.22. The smallest absolute Gasteiger partial charge is 0.308 e. The summed E-state index contributed by atoms with van der Waals surface area (Å²) >= 11 is 0. The molecular weight excluding hydrogens is 324 g/mol. The average Bonchev–Trinajstić information content (AvgIpc) is 2.55. The number of ketones is 2. The third kappa shape index (κ3) is 2.71. The highest BCUT2D eigenvalue weighted by molar-refractivity contribution is 6.29. The lowest BCUT2D eigenvalue weighted by Crippen LogP contribution is -2.23. The molecule has 6 heteroatoms. The Balaban J connectivity index is 2.32. The predicted octanol–water partition coefficient (Wildman–Crippen LogP) is 2.62. The van der Waals surface area contributed by atoms with Gasteiger partial charge in [-0.3, -0.25) is 19.2 Å². The van der Waals surface area contributed by atoms with Gasteiger partial charge in [0.25, 0.3) is 0 Å². The van der Waals surface area contributed by atoms with Gasteiger partial charge in [-0.15, -0.1) is 0 Å². The molecule has 0 N–H and O–H groups in total. The zero-order valence-corrected chi connectivity index (χ0v) is 13.8. The van der Waals surface area contributed by atoms with Crippen molar-refractivity contribution in [3.8, 4) is 11.5 Å². The van der Waals surface area contributed by atoms with Crippen molar-refractivity contribution >= 4 is 23.5 Å². The van der Waals surface area contributed by atoms with Gasteiger partial charge in [0.1, 0.15) is 11.5 Å². The Hall–Kier alpha value is -3.28. The van der Waals surface area contributed by atoms with E-state index in [1.165, 1.54) is 19.9 Å². The summed E-state index contributed by atoms with van der Waals surface area (Å²) in [7, 11) is 0. The Morgan fingerprint density at radius 3 is 1.96 bits per heavy atom. The molecule has 0 aliphatic heterocycles. The minimum atomic E-state index is -0.649. The van der Waals surface area contributed by atoms with Crippen LogP contribution in [0.3, 0.4) is 0 Å². The molecule has 0 radical (unpaired) electrons. The largest absolute Gasteiger partial charge is 0.426 e. The van der Waals surface area contributed by atoms with Gasteiger partial charge in [0, 0.05) is 36.1 Å². The van der Waals surface area contributed by atoms with E-state index < -0.39 is 23.5 Å². The standard InChI is InChI=1S/C19H14O6/c1-9-15(24-10(2)20)8-14-16(19(9)25-11(3)21)18(23)13-7-5-4-6-12(13)17(14)22/h4-8H,1-3H3. The third-order valence-corrected chi connectivity index (χ3v) is 3.87. The number of ether oxygens (including phenoxy) is 2. The van der Waals surface area contributed by atoms with Crippen LogP contribution < -0.4 is 9.47 Å². The molecule has 1 aliphatic carbocycles. The van der Waals surface area contributed by atoms with E-state index in [1.807, 2.05) is 0 Å². The number of carbonyl (C=O) groups excluding carboxylic acids is 4. The van der Waals surface area contributed by atoms with Gasteiger partial charge in [0.05, 0.1) is 5.56 Å². The Morgan fingerprint density at radius 1 is 0.840 bits per heavy atom. The second-order valence-corrected chi connectivity index (χ2v) is 5.64. The van der Waals surface area contributed by atoms with Gasteiger partial charge in [0.15, 0.2) is 11.6 Å². The van der Waals surface area contributed by atoms with Crippen molar-refractivity contribution in [2.75, 3.05) is 0 Å². The highest BCUT2D eigenvalue weighted by Crippen LogP contribution is 2.40. The molecule has 1 aliphatic rings. The van der Waals surface area contributed by atoms with E-state index in [0.29, 0.717) is 5.56 Å². The summed E-state index contributed by atoms with van der Waals surface area (Å²) in [5, 5.41) is 0. The lowest BCUT2D eigenvalue weighted by atomic mass is 9.82. The second-order valence-electron chi connectivity index (χ2n) is 5.64. The number of rotatable bonds is 2. The Labute approximate surface area is 143 Å². The summed E-state index contributed by atoms with van der Waals surface area (Å²) in [5.41, 5.74) is 0.846. The van der Waals surface area contributed by atoms with Gasteiger partial charge in [-0.25, -0.2) is 0 Å². The van der Waals surface area contributed by atoms with Crippen molar-refractivity contribution < 1.29 is 28.7 Å². The first-order valence-corrected chi connectivity index (χ1v) is 7.54. The molecule has 0 amide bonds. The maximum Gasteiger partial charge on any atom is 0.308 e. The van der Waals surface area contributed by atoms with E-state index in [9.17, 15) is 19.2 Å². The lowest BCUT2D eigenvalue weighted by molar-refractivity contribution is -0.132. The molecule has 0 bridgehead atoms. The van der Waals surface area contributed by atoms with Crippen molar-refractivity contribution in [1.29, 1.82) is 0 Å². The van der Waals surface area contributed by atoms with Crippen molar-refractivity contribution in [3.05, 3.63) is 58.1 Å². The molecule has 0 saturated heterocycles. The van der Waals surface area contributed by atoms with Crippen molar-refractivity contribution in [2.24, 2.45) is 0 Å². The quantitative estimate of drug-likeness (QED) is 0.527. The van der Waals surface area contributed by atoms with Crippen LogP contribution in [0.2, 0.25) is 0 Å². The molecule has 0 aromatic heterocycles. The minimum absolute atomic E-state index is 0.00676. The number of hydrogen-bond acceptors (Lipinski definition) is 6. The Kier molecular flexibility index (Phi) is 3.96. The molecule has 25 heavy (non-hydrogen) atoms. The number of fused-ring (bicyclic) bond motifs is 2. The number of hydrogen-bond donors (Lipinski definition) is 0. The molecule has 2 aromatic rings. The first-order chi connectivity index (χ1) is 11.8. The van der Waals surface area contributed by atoms with E-state index in [1.54, 1.807) is 31.2 Å². The van der Waals surface area contributed by atoms with Crippen LogP contribution in [0.25, 0.3) is 0 Å². The van der Waals surface area contributed by atoms with Crippen LogP contribution in [0.1, 0.15) is 51.3 Å². The van der Waals surface area contributed by atoms with E-state index in [4.69, 9.17) is 9.47 Å². The fourth-order valence-corrected chi connectivity index (χ4v) is 2.83. The summed E-state index contributed by atoms with van der Waals surface area (Å²) in [6.45, 7) is 3.95. The molecule has 0 heterocycles. The number of benzene rings is 2. The van der Waals surface area contributed by atoms with Gasteiger partial charge >= 0.3 is 11.9 Å². The summed E-state index contributed by atoms with van der Waals surface area (Å²) < 4.78 is 10.3. The van der Waals surface area contributed by atoms with E-state index in [-0.39, 0.29) is 33.8 Å². The molecule has 0 atom stereocenters. The first-order valence-electron chi connectivity index (χ1n) is 7.54. The molecule has 2 aromatic carbocycles. The SMILES string of the molecule is CC(=O)Oc1cc2c(c(OC(C)=O)c1C)C(=O)c1ccccc1C2=O. The third-order valence-electron chi connectivity index (χ3n) is 3.87. The normalized spacial score (nSPS) is 12.3. The van der Waals surface area contributed by atoms with Crippen molar-refractivity contribution in [3.63, 3.8) is 0 Å². The highest BCUT2D eigenvalue weighted by Gasteiger charge is 2.35. The first kappa shape index (κ1) is 16.6.